The van der Waals surface area contributed by atoms with E-state index in [9.17, 15) is 4.79 Å². The van der Waals surface area contributed by atoms with E-state index in [1.54, 1.807) is 0 Å². The third-order valence-corrected chi connectivity index (χ3v) is 6.20. The molecule has 170 valence electrons. The van der Waals surface area contributed by atoms with Crippen LogP contribution in [0.15, 0.2) is 4.99 Å². The highest BCUT2D eigenvalue weighted by atomic mass is 127. The number of carbonyl (C=O) groups is 1. The van der Waals surface area contributed by atoms with Gasteiger partial charge in [0.2, 0.25) is 5.91 Å². The first-order valence-corrected chi connectivity index (χ1v) is 11.5. The van der Waals surface area contributed by atoms with E-state index in [-0.39, 0.29) is 35.3 Å². The van der Waals surface area contributed by atoms with E-state index >= 15 is 0 Å². The molecule has 7 heteroatoms. The van der Waals surface area contributed by atoms with Crippen LogP contribution in [0.3, 0.4) is 0 Å². The average Bonchev–Trinajstić information content (AvgIpc) is 3.15. The number of aliphatic imine (C=N–C) groups is 1. The van der Waals surface area contributed by atoms with Gasteiger partial charge in [-0.3, -0.25) is 9.79 Å². The van der Waals surface area contributed by atoms with Crippen LogP contribution in [0.25, 0.3) is 0 Å². The molecule has 2 aliphatic rings. The van der Waals surface area contributed by atoms with Crippen LogP contribution in [0.1, 0.15) is 72.1 Å². The van der Waals surface area contributed by atoms with Gasteiger partial charge in [-0.2, -0.15) is 0 Å². The van der Waals surface area contributed by atoms with Crippen molar-refractivity contribution in [1.82, 2.24) is 15.5 Å². The molecule has 1 saturated heterocycles. The Balaban J connectivity index is 0.00000420. The third kappa shape index (κ3) is 9.40. The summed E-state index contributed by atoms with van der Waals surface area (Å²) in [4.78, 5) is 19.4. The van der Waals surface area contributed by atoms with Gasteiger partial charge in [-0.15, -0.1) is 24.0 Å². The van der Waals surface area contributed by atoms with Crippen LogP contribution < -0.4 is 10.6 Å². The Morgan fingerprint density at radius 1 is 1.21 bits per heavy atom. The van der Waals surface area contributed by atoms with Gasteiger partial charge in [0.1, 0.15) is 0 Å². The van der Waals surface area contributed by atoms with Gasteiger partial charge in [-0.25, -0.2) is 0 Å². The molecular weight excluding hydrogens is 479 g/mol. The second kappa shape index (κ2) is 14.4. The number of nitrogens with zero attached hydrogens (tertiary/aromatic N) is 2. The summed E-state index contributed by atoms with van der Waals surface area (Å²) in [5.74, 6) is 1.73. The zero-order valence-corrected chi connectivity index (χ0v) is 21.1. The van der Waals surface area contributed by atoms with E-state index in [0.29, 0.717) is 18.9 Å². The lowest BCUT2D eigenvalue weighted by atomic mass is 9.83. The minimum absolute atomic E-state index is 0. The third-order valence-electron chi connectivity index (χ3n) is 6.20. The Kier molecular flexibility index (Phi) is 13.2. The average molecular weight is 523 g/mol. The van der Waals surface area contributed by atoms with Crippen LogP contribution in [0.5, 0.6) is 0 Å². The van der Waals surface area contributed by atoms with E-state index in [1.807, 2.05) is 4.90 Å². The normalized spacial score (nSPS) is 21.6. The Labute approximate surface area is 195 Å². The molecule has 6 nitrogen and oxygen atoms in total. The van der Waals surface area contributed by atoms with E-state index in [4.69, 9.17) is 9.73 Å². The smallest absolute Gasteiger partial charge is 0.224 e. The maximum atomic E-state index is 12.5. The summed E-state index contributed by atoms with van der Waals surface area (Å²) in [6.07, 6.45) is 9.09. The van der Waals surface area contributed by atoms with Crippen molar-refractivity contribution in [3.05, 3.63) is 0 Å². The largest absolute Gasteiger partial charge is 0.382 e. The quantitative estimate of drug-likeness (QED) is 0.198. The molecule has 0 aromatic heterocycles. The van der Waals surface area contributed by atoms with Crippen LogP contribution >= 0.6 is 24.0 Å². The number of nitrogens with one attached hydrogen (secondary N) is 2. The van der Waals surface area contributed by atoms with Crippen LogP contribution in [0.2, 0.25) is 0 Å². The summed E-state index contributed by atoms with van der Waals surface area (Å²) in [5.41, 5.74) is 0.289. The molecule has 0 aromatic carbocycles. The molecule has 0 bridgehead atoms. The Bertz CT molecular complexity index is 495. The van der Waals surface area contributed by atoms with Crippen molar-refractivity contribution in [2.45, 2.75) is 72.1 Å². The summed E-state index contributed by atoms with van der Waals surface area (Å²) in [7, 11) is 0. The highest BCUT2D eigenvalue weighted by molar-refractivity contribution is 14.0. The minimum Gasteiger partial charge on any atom is -0.382 e. The highest BCUT2D eigenvalue weighted by Gasteiger charge is 2.33. The number of guanidine groups is 1. The fourth-order valence-corrected chi connectivity index (χ4v) is 4.50. The SMILES string of the molecule is CCNC(=NCC1(CCOCC)CCCC1)NCCC(=O)N1CCCC(C)C1.I. The van der Waals surface area contributed by atoms with Gasteiger partial charge in [0, 0.05) is 52.4 Å². The standard InChI is InChI=1S/C22H42N4O2.HI/c1-4-23-21(24-14-10-20(27)26-15-8-9-19(3)17-26)25-18-22(11-6-7-12-22)13-16-28-5-2;/h19H,4-18H2,1-3H3,(H2,23,24,25);1H. The van der Waals surface area contributed by atoms with E-state index in [0.717, 1.165) is 58.2 Å². The van der Waals surface area contributed by atoms with Gasteiger partial charge in [-0.05, 0) is 57.3 Å². The first kappa shape index (κ1) is 26.5. The minimum atomic E-state index is 0. The molecule has 2 fully saturated rings. The van der Waals surface area contributed by atoms with E-state index in [1.165, 1.54) is 32.1 Å². The van der Waals surface area contributed by atoms with Crippen molar-refractivity contribution in [1.29, 1.82) is 0 Å². The van der Waals surface area contributed by atoms with Crippen molar-refractivity contribution in [2.75, 3.05) is 45.9 Å². The summed E-state index contributed by atoms with van der Waals surface area (Å²) in [6.45, 7) is 12.1. The number of carbonyl (C=O) groups excluding carboxylic acids is 1. The number of rotatable bonds is 10. The number of piperidine rings is 1. The molecule has 0 radical (unpaired) electrons. The van der Waals surface area contributed by atoms with Gasteiger partial charge in [0.25, 0.3) is 0 Å². The van der Waals surface area contributed by atoms with Gasteiger partial charge in [0.15, 0.2) is 5.96 Å². The van der Waals surface area contributed by atoms with Crippen LogP contribution in [0.4, 0.5) is 0 Å². The predicted octanol–water partition coefficient (Wildman–Crippen LogP) is 3.80. The summed E-state index contributed by atoms with van der Waals surface area (Å²) in [6, 6.07) is 0. The zero-order chi connectivity index (χ0) is 20.2. The summed E-state index contributed by atoms with van der Waals surface area (Å²) >= 11 is 0. The molecule has 29 heavy (non-hydrogen) atoms. The number of hydrogen-bond acceptors (Lipinski definition) is 3. The van der Waals surface area contributed by atoms with E-state index in [2.05, 4.69) is 31.4 Å². The second-order valence-corrected chi connectivity index (χ2v) is 8.61. The Morgan fingerprint density at radius 2 is 1.97 bits per heavy atom. The topological polar surface area (TPSA) is 66.0 Å². The molecule has 1 saturated carbocycles. The molecule has 1 amide bonds. The first-order chi connectivity index (χ1) is 13.6. The summed E-state index contributed by atoms with van der Waals surface area (Å²) in [5, 5.41) is 6.70. The number of hydrogen-bond donors (Lipinski definition) is 2. The molecule has 0 aromatic rings. The highest BCUT2D eigenvalue weighted by Crippen LogP contribution is 2.41. The predicted molar refractivity (Wildman–Crippen MR) is 131 cm³/mol. The number of likely N-dealkylation sites (tertiary alicyclic amines) is 1. The van der Waals surface area contributed by atoms with Gasteiger partial charge in [0.05, 0.1) is 0 Å². The molecule has 1 aliphatic carbocycles. The zero-order valence-electron chi connectivity index (χ0n) is 18.8. The van der Waals surface area contributed by atoms with Crippen molar-refractivity contribution in [2.24, 2.45) is 16.3 Å². The molecular formula is C22H43IN4O2. The molecule has 1 unspecified atom stereocenters. The molecule has 1 aliphatic heterocycles. The molecule has 2 rings (SSSR count). The van der Waals surface area contributed by atoms with Crippen molar-refractivity contribution < 1.29 is 9.53 Å². The maximum Gasteiger partial charge on any atom is 0.224 e. The number of halogens is 1. The lowest BCUT2D eigenvalue weighted by Crippen LogP contribution is -2.43. The fourth-order valence-electron chi connectivity index (χ4n) is 4.50. The van der Waals surface area contributed by atoms with Crippen LogP contribution in [-0.2, 0) is 9.53 Å². The van der Waals surface area contributed by atoms with Crippen LogP contribution in [0, 0.1) is 11.3 Å². The van der Waals surface area contributed by atoms with E-state index < -0.39 is 0 Å². The van der Waals surface area contributed by atoms with Crippen LogP contribution in [-0.4, -0.2) is 62.7 Å². The fraction of sp³-hybridized carbons (Fsp3) is 0.909. The van der Waals surface area contributed by atoms with Gasteiger partial charge in [-0.1, -0.05) is 19.8 Å². The Morgan fingerprint density at radius 3 is 2.62 bits per heavy atom. The summed E-state index contributed by atoms with van der Waals surface area (Å²) < 4.78 is 5.61. The lowest BCUT2D eigenvalue weighted by Gasteiger charge is -2.31. The number of ether oxygens (including phenoxy) is 1. The molecule has 2 N–H and O–H groups in total. The maximum absolute atomic E-state index is 12.5. The first-order valence-electron chi connectivity index (χ1n) is 11.5. The molecule has 1 atom stereocenters. The number of amides is 1. The Hall–Kier alpha value is -0.570. The molecule has 0 spiro atoms. The van der Waals surface area contributed by atoms with Crippen molar-refractivity contribution in [3.8, 4) is 0 Å². The van der Waals surface area contributed by atoms with Gasteiger partial charge < -0.3 is 20.3 Å². The monoisotopic (exact) mass is 522 g/mol. The molecule has 1 heterocycles. The van der Waals surface area contributed by atoms with Crippen molar-refractivity contribution >= 4 is 35.8 Å². The lowest BCUT2D eigenvalue weighted by molar-refractivity contribution is -0.132. The van der Waals surface area contributed by atoms with Crippen molar-refractivity contribution in [3.63, 3.8) is 0 Å². The second-order valence-electron chi connectivity index (χ2n) is 8.61. The van der Waals surface area contributed by atoms with Gasteiger partial charge >= 0.3 is 0 Å².